The van der Waals surface area contributed by atoms with Crippen LogP contribution >= 0.6 is 8.60 Å². The zero-order valence-electron chi connectivity index (χ0n) is 37.6. The number of piperidine rings is 3. The number of nitrogens with zero attached hydrogens (tertiary/aromatic N) is 3. The van der Waals surface area contributed by atoms with E-state index in [4.69, 9.17) is 28.1 Å². The molecular weight excluding hydrogens is 709 g/mol. The third kappa shape index (κ3) is 11.3. The lowest BCUT2D eigenvalue weighted by molar-refractivity contribution is -0.320. The first-order chi connectivity index (χ1) is 25.7. The summed E-state index contributed by atoms with van der Waals surface area (Å²) in [6.07, 6.45) is 24.6. The maximum atomic E-state index is 7.22. The van der Waals surface area contributed by atoms with Crippen molar-refractivity contribution in [2.24, 2.45) is 0 Å². The fourth-order valence-electron chi connectivity index (χ4n) is 12.0. The lowest BCUT2D eigenvalue weighted by Crippen LogP contribution is -2.63. The van der Waals surface area contributed by atoms with Gasteiger partial charge in [0.15, 0.2) is 0 Å². The first kappa shape index (κ1) is 44.6. The Morgan fingerprint density at radius 1 is 0.309 bits per heavy atom. The van der Waals surface area contributed by atoms with E-state index in [0.717, 1.165) is 77.0 Å². The molecule has 6 aliphatic rings. The first-order valence-electron chi connectivity index (χ1n) is 22.9. The maximum Gasteiger partial charge on any atom is 0.333 e. The molecule has 0 bridgehead atoms. The van der Waals surface area contributed by atoms with E-state index in [-0.39, 0.29) is 51.5 Å². The summed E-state index contributed by atoms with van der Waals surface area (Å²) >= 11 is 0. The van der Waals surface area contributed by atoms with E-state index in [9.17, 15) is 0 Å². The lowest BCUT2D eigenvalue weighted by atomic mass is 9.80. The van der Waals surface area contributed by atoms with Crippen LogP contribution in [0.15, 0.2) is 0 Å². The summed E-state index contributed by atoms with van der Waals surface area (Å²) in [5.41, 5.74) is -1.15. The van der Waals surface area contributed by atoms with Gasteiger partial charge in [-0.05, 0) is 160 Å². The van der Waals surface area contributed by atoms with E-state index in [1.54, 1.807) is 0 Å². The summed E-state index contributed by atoms with van der Waals surface area (Å²) in [4.78, 5) is 20.6. The normalized spacial score (nSPS) is 30.9. The molecule has 0 aromatic rings. The highest BCUT2D eigenvalue weighted by molar-refractivity contribution is 7.41. The summed E-state index contributed by atoms with van der Waals surface area (Å²) in [7, 11) is -1.65. The van der Waals surface area contributed by atoms with Gasteiger partial charge in [-0.2, -0.15) is 15.2 Å². The summed E-state index contributed by atoms with van der Waals surface area (Å²) in [6, 6.07) is 0. The Morgan fingerprint density at radius 3 is 0.709 bits per heavy atom. The van der Waals surface area contributed by atoms with Gasteiger partial charge in [0.25, 0.3) is 0 Å². The smallest absolute Gasteiger partial charge is 0.309 e. The molecule has 10 heteroatoms. The van der Waals surface area contributed by atoms with Crippen molar-refractivity contribution in [3.63, 3.8) is 0 Å². The van der Waals surface area contributed by atoms with Crippen LogP contribution in [0.3, 0.4) is 0 Å². The molecule has 3 saturated heterocycles. The third-order valence-corrected chi connectivity index (χ3v) is 15.2. The van der Waals surface area contributed by atoms with Crippen molar-refractivity contribution in [1.29, 1.82) is 0 Å². The van der Waals surface area contributed by atoms with Crippen molar-refractivity contribution in [2.75, 3.05) is 0 Å². The molecule has 3 aliphatic carbocycles. The van der Waals surface area contributed by atoms with E-state index in [1.165, 1.54) is 57.8 Å². The monoisotopic (exact) mass is 794 g/mol. The molecule has 0 N–H and O–H groups in total. The molecule has 0 unspecified atom stereocenters. The van der Waals surface area contributed by atoms with Gasteiger partial charge in [0, 0.05) is 33.2 Å². The number of hydroxylamine groups is 6. The fraction of sp³-hybridized carbons (Fsp3) is 1.00. The Kier molecular flexibility index (Phi) is 14.3. The minimum atomic E-state index is -1.65. The Labute approximate surface area is 338 Å². The van der Waals surface area contributed by atoms with Crippen LogP contribution in [0, 0.1) is 0 Å². The quantitative estimate of drug-likeness (QED) is 0.180. The maximum absolute atomic E-state index is 7.22. The van der Waals surface area contributed by atoms with Gasteiger partial charge in [0.05, 0.1) is 36.6 Å². The molecule has 55 heavy (non-hydrogen) atoms. The molecule has 0 atom stereocenters. The average molecular weight is 794 g/mol. The molecule has 6 fully saturated rings. The van der Waals surface area contributed by atoms with Gasteiger partial charge in [0.2, 0.25) is 0 Å². The van der Waals surface area contributed by atoms with Crippen LogP contribution in [-0.2, 0) is 28.1 Å². The molecule has 0 aromatic carbocycles. The van der Waals surface area contributed by atoms with Crippen LogP contribution in [0.5, 0.6) is 0 Å². The minimum absolute atomic E-state index is 0.00574. The van der Waals surface area contributed by atoms with Crippen LogP contribution in [0.1, 0.15) is 218 Å². The largest absolute Gasteiger partial charge is 0.333 e. The van der Waals surface area contributed by atoms with Gasteiger partial charge in [-0.25, -0.2) is 0 Å². The highest BCUT2D eigenvalue weighted by Crippen LogP contribution is 2.55. The summed E-state index contributed by atoms with van der Waals surface area (Å²) in [5, 5.41) is 7.00. The van der Waals surface area contributed by atoms with Gasteiger partial charge < -0.3 is 13.6 Å². The van der Waals surface area contributed by atoms with Crippen LogP contribution in [-0.4, -0.2) is 85.0 Å². The van der Waals surface area contributed by atoms with E-state index >= 15 is 0 Å². The summed E-state index contributed by atoms with van der Waals surface area (Å²) in [5.74, 6) is 0. The highest BCUT2D eigenvalue weighted by Gasteiger charge is 2.53. The van der Waals surface area contributed by atoms with Gasteiger partial charge in [-0.15, -0.1) is 0 Å². The lowest BCUT2D eigenvalue weighted by Gasteiger charge is -2.56. The summed E-state index contributed by atoms with van der Waals surface area (Å²) < 4.78 is 21.7. The van der Waals surface area contributed by atoms with E-state index in [0.29, 0.717) is 18.3 Å². The Bertz CT molecular complexity index is 1020. The Morgan fingerprint density at radius 2 is 0.509 bits per heavy atom. The van der Waals surface area contributed by atoms with Crippen molar-refractivity contribution in [1.82, 2.24) is 15.2 Å². The van der Waals surface area contributed by atoms with Gasteiger partial charge >= 0.3 is 8.60 Å². The molecule has 3 aliphatic heterocycles. The standard InChI is InChI=1S/C45H84N3O6P/c1-40(2)28-37(29-41(3,4)46(40)49-34-22-16-13-17-23-34)52-55(53-38-30-42(5,6)47(43(7,8)31-38)50-35-24-18-14-19-25-35)54-39-32-44(9,10)48(45(11,12)33-39)51-36-26-20-15-21-27-36/h34-39H,13-33H2,1-12H3. The topological polar surface area (TPSA) is 65.1 Å². The summed E-state index contributed by atoms with van der Waals surface area (Å²) in [6.45, 7) is 28.0. The van der Waals surface area contributed by atoms with Crippen LogP contribution < -0.4 is 0 Å². The zero-order chi connectivity index (χ0) is 39.9. The number of hydrogen-bond acceptors (Lipinski definition) is 9. The third-order valence-electron chi connectivity index (χ3n) is 13.8. The van der Waals surface area contributed by atoms with Crippen molar-refractivity contribution in [3.05, 3.63) is 0 Å². The van der Waals surface area contributed by atoms with Crippen LogP contribution in [0.25, 0.3) is 0 Å². The molecule has 3 saturated carbocycles. The molecule has 320 valence electrons. The van der Waals surface area contributed by atoms with Gasteiger partial charge in [-0.3, -0.25) is 14.5 Å². The van der Waals surface area contributed by atoms with E-state index in [2.05, 4.69) is 98.3 Å². The number of hydrogen-bond donors (Lipinski definition) is 0. The van der Waals surface area contributed by atoms with Gasteiger partial charge in [0.1, 0.15) is 0 Å². The Balaban J connectivity index is 1.19. The Hall–Kier alpha value is 0.0700. The molecular formula is C45H84N3O6P. The molecule has 6 rings (SSSR count). The van der Waals surface area contributed by atoms with E-state index < -0.39 is 8.60 Å². The predicted octanol–water partition coefficient (Wildman–Crippen LogP) is 12.1. The van der Waals surface area contributed by atoms with Crippen LogP contribution in [0.2, 0.25) is 0 Å². The molecule has 0 aromatic heterocycles. The zero-order valence-corrected chi connectivity index (χ0v) is 38.4. The second-order valence-corrected chi connectivity index (χ2v) is 23.6. The van der Waals surface area contributed by atoms with Crippen molar-refractivity contribution in [3.8, 4) is 0 Å². The highest BCUT2D eigenvalue weighted by atomic mass is 31.2. The van der Waals surface area contributed by atoms with E-state index in [1.807, 2.05) is 0 Å². The molecule has 9 nitrogen and oxygen atoms in total. The second-order valence-electron chi connectivity index (χ2n) is 22.5. The minimum Gasteiger partial charge on any atom is -0.309 e. The van der Waals surface area contributed by atoms with Crippen molar-refractivity contribution >= 4 is 8.60 Å². The van der Waals surface area contributed by atoms with Crippen molar-refractivity contribution < 1.29 is 28.1 Å². The molecule has 0 radical (unpaired) electrons. The SMILES string of the molecule is CC1(C)CC(OP(OC2CC(C)(C)N(OC3CCCCC3)C(C)(C)C2)OC2CC(C)(C)N(OC3CCCCC3)C(C)(C)C2)CC(C)(C)N1OC1CCCCC1. The predicted molar refractivity (Wildman–Crippen MR) is 223 cm³/mol. The second kappa shape index (κ2) is 17.6. The average Bonchev–Trinajstić information content (AvgIpc) is 3.06. The molecule has 0 spiro atoms. The first-order valence-corrected chi connectivity index (χ1v) is 24.0. The fourth-order valence-corrected chi connectivity index (χ4v) is 13.3. The molecule has 3 heterocycles. The van der Waals surface area contributed by atoms with Gasteiger partial charge in [-0.1, -0.05) is 57.8 Å². The molecule has 0 amide bonds. The van der Waals surface area contributed by atoms with Crippen LogP contribution in [0.4, 0.5) is 0 Å². The number of rotatable bonds is 12. The van der Waals surface area contributed by atoms with Crippen molar-refractivity contribution in [2.45, 2.75) is 288 Å².